The largest absolute Gasteiger partial charge is 0.461 e. The van der Waals surface area contributed by atoms with Crippen LogP contribution in [0.25, 0.3) is 10.1 Å². The van der Waals surface area contributed by atoms with Crippen molar-refractivity contribution < 1.29 is 9.53 Å². The monoisotopic (exact) mass is 268 g/mol. The number of esters is 1. The highest BCUT2D eigenvalue weighted by atomic mass is 35.5. The molecule has 1 heterocycles. The van der Waals surface area contributed by atoms with Gasteiger partial charge in [0, 0.05) is 33.0 Å². The molecule has 17 heavy (non-hydrogen) atoms. The Morgan fingerprint density at radius 3 is 2.94 bits per heavy atom. The van der Waals surface area contributed by atoms with E-state index in [9.17, 15) is 9.59 Å². The molecule has 0 atom stereocenters. The number of halogens is 1. The minimum atomic E-state index is -0.402. The number of benzene rings is 1. The topological polar surface area (TPSA) is 43.4 Å². The van der Waals surface area contributed by atoms with Crippen molar-refractivity contribution in [3.8, 4) is 0 Å². The fraction of sp³-hybridized carbons (Fsp3) is 0.167. The first-order valence-corrected chi connectivity index (χ1v) is 6.17. The highest BCUT2D eigenvalue weighted by Gasteiger charge is 2.07. The standard InChI is InChI=1S/C12H9ClO3S/c1-7(14)16-5-8-6-17-11-3-2-9(13)4-10(11)12(8)15/h2-4,6H,5H2,1H3. The Balaban J connectivity index is 2.49. The molecule has 0 aliphatic carbocycles. The van der Waals surface area contributed by atoms with Gasteiger partial charge >= 0.3 is 5.97 Å². The highest BCUT2D eigenvalue weighted by Crippen LogP contribution is 2.21. The number of carbonyl (C=O) groups excluding carboxylic acids is 1. The zero-order valence-electron chi connectivity index (χ0n) is 9.03. The lowest BCUT2D eigenvalue weighted by Gasteiger charge is -2.03. The summed E-state index contributed by atoms with van der Waals surface area (Å²) in [5, 5.41) is 2.79. The number of rotatable bonds is 2. The van der Waals surface area contributed by atoms with E-state index >= 15 is 0 Å². The molecule has 2 rings (SSSR count). The Bertz CT molecular complexity index is 633. The van der Waals surface area contributed by atoms with Gasteiger partial charge in [-0.2, -0.15) is 0 Å². The summed E-state index contributed by atoms with van der Waals surface area (Å²) in [6.07, 6.45) is 0. The molecule has 0 radical (unpaired) electrons. The Kier molecular flexibility index (Phi) is 3.45. The van der Waals surface area contributed by atoms with E-state index in [2.05, 4.69) is 0 Å². The molecule has 5 heteroatoms. The SMILES string of the molecule is CC(=O)OCc1csc2ccc(Cl)cc2c1=O. The molecule has 0 saturated carbocycles. The second-order valence-electron chi connectivity index (χ2n) is 3.51. The van der Waals surface area contributed by atoms with Gasteiger partial charge in [-0.25, -0.2) is 0 Å². The Morgan fingerprint density at radius 2 is 2.24 bits per heavy atom. The molecule has 0 aliphatic heterocycles. The molecular formula is C12H9ClO3S. The minimum absolute atomic E-state index is 0.00706. The zero-order chi connectivity index (χ0) is 12.4. The molecule has 0 N–H and O–H groups in total. The lowest BCUT2D eigenvalue weighted by atomic mass is 10.2. The lowest BCUT2D eigenvalue weighted by molar-refractivity contribution is -0.142. The maximum absolute atomic E-state index is 12.0. The molecule has 0 fully saturated rings. The van der Waals surface area contributed by atoms with Crippen molar-refractivity contribution in [2.75, 3.05) is 0 Å². The van der Waals surface area contributed by atoms with E-state index in [1.807, 2.05) is 0 Å². The number of ether oxygens (including phenoxy) is 1. The number of carbonyl (C=O) groups is 1. The summed E-state index contributed by atoms with van der Waals surface area (Å²) in [4.78, 5) is 22.8. The smallest absolute Gasteiger partial charge is 0.302 e. The van der Waals surface area contributed by atoms with Crippen molar-refractivity contribution >= 4 is 39.0 Å². The average molecular weight is 269 g/mol. The van der Waals surface area contributed by atoms with Crippen molar-refractivity contribution in [1.29, 1.82) is 0 Å². The van der Waals surface area contributed by atoms with E-state index in [1.165, 1.54) is 18.3 Å². The average Bonchev–Trinajstić information content (AvgIpc) is 2.29. The van der Waals surface area contributed by atoms with Gasteiger partial charge in [-0.1, -0.05) is 11.6 Å². The molecular weight excluding hydrogens is 260 g/mol. The number of fused-ring (bicyclic) bond motifs is 1. The van der Waals surface area contributed by atoms with Crippen molar-refractivity contribution in [3.63, 3.8) is 0 Å². The van der Waals surface area contributed by atoms with Crippen LogP contribution < -0.4 is 5.43 Å². The minimum Gasteiger partial charge on any atom is -0.461 e. The van der Waals surface area contributed by atoms with Gasteiger partial charge in [0.2, 0.25) is 0 Å². The fourth-order valence-corrected chi connectivity index (χ4v) is 2.46. The van der Waals surface area contributed by atoms with Gasteiger partial charge in [0.05, 0.1) is 0 Å². The molecule has 1 aromatic carbocycles. The molecule has 3 nitrogen and oxygen atoms in total. The van der Waals surface area contributed by atoms with Gasteiger partial charge in [0.1, 0.15) is 6.61 Å². The van der Waals surface area contributed by atoms with Gasteiger partial charge in [-0.05, 0) is 18.2 Å². The number of hydrogen-bond acceptors (Lipinski definition) is 4. The normalized spacial score (nSPS) is 10.5. The van der Waals surface area contributed by atoms with Crippen molar-refractivity contribution in [2.45, 2.75) is 13.5 Å². The second kappa shape index (κ2) is 4.85. The summed E-state index contributed by atoms with van der Waals surface area (Å²) >= 11 is 7.28. The van der Waals surface area contributed by atoms with Gasteiger partial charge < -0.3 is 4.74 Å². The van der Waals surface area contributed by atoms with Crippen LogP contribution >= 0.6 is 22.9 Å². The summed E-state index contributed by atoms with van der Waals surface area (Å²) < 4.78 is 5.69. The maximum atomic E-state index is 12.0. The molecule has 0 amide bonds. The van der Waals surface area contributed by atoms with E-state index in [4.69, 9.17) is 16.3 Å². The van der Waals surface area contributed by atoms with Gasteiger partial charge in [-0.3, -0.25) is 9.59 Å². The molecule has 0 unspecified atom stereocenters. The van der Waals surface area contributed by atoms with Crippen LogP contribution in [0.15, 0.2) is 28.4 Å². The van der Waals surface area contributed by atoms with Crippen LogP contribution in [0.5, 0.6) is 0 Å². The first-order chi connectivity index (χ1) is 8.08. The van der Waals surface area contributed by atoms with Crippen molar-refractivity contribution in [2.24, 2.45) is 0 Å². The van der Waals surface area contributed by atoms with Crippen LogP contribution in [-0.2, 0) is 16.1 Å². The van der Waals surface area contributed by atoms with E-state index in [1.54, 1.807) is 23.6 Å². The third-order valence-electron chi connectivity index (χ3n) is 2.24. The van der Waals surface area contributed by atoms with Crippen molar-refractivity contribution in [1.82, 2.24) is 0 Å². The molecule has 0 saturated heterocycles. The Morgan fingerprint density at radius 1 is 1.47 bits per heavy atom. The maximum Gasteiger partial charge on any atom is 0.302 e. The first-order valence-electron chi connectivity index (χ1n) is 4.91. The van der Waals surface area contributed by atoms with E-state index in [0.717, 1.165) is 4.70 Å². The summed E-state index contributed by atoms with van der Waals surface area (Å²) in [6.45, 7) is 1.32. The predicted molar refractivity (Wildman–Crippen MR) is 68.6 cm³/mol. The predicted octanol–water partition coefficient (Wildman–Crippen LogP) is 2.98. The van der Waals surface area contributed by atoms with Gasteiger partial charge in [-0.15, -0.1) is 11.3 Å². The molecule has 0 bridgehead atoms. The van der Waals surface area contributed by atoms with Crippen molar-refractivity contribution in [3.05, 3.63) is 44.4 Å². The van der Waals surface area contributed by atoms with E-state index in [0.29, 0.717) is 16.0 Å². The molecule has 1 aromatic heterocycles. The first kappa shape index (κ1) is 12.1. The zero-order valence-corrected chi connectivity index (χ0v) is 10.6. The third kappa shape index (κ3) is 2.65. The molecule has 2 aromatic rings. The third-order valence-corrected chi connectivity index (χ3v) is 3.48. The number of hydrogen-bond donors (Lipinski definition) is 0. The lowest BCUT2D eigenvalue weighted by Crippen LogP contribution is -2.11. The highest BCUT2D eigenvalue weighted by molar-refractivity contribution is 7.16. The van der Waals surface area contributed by atoms with Crippen LogP contribution in [0.1, 0.15) is 12.5 Å². The summed E-state index contributed by atoms with van der Waals surface area (Å²) in [6, 6.07) is 5.18. The summed E-state index contributed by atoms with van der Waals surface area (Å²) in [5.74, 6) is -0.402. The quantitative estimate of drug-likeness (QED) is 0.787. The summed E-state index contributed by atoms with van der Waals surface area (Å²) in [5.41, 5.74) is 0.336. The fourth-order valence-electron chi connectivity index (χ4n) is 1.42. The second-order valence-corrected chi connectivity index (χ2v) is 4.86. The van der Waals surface area contributed by atoms with Crippen LogP contribution in [0, 0.1) is 0 Å². The van der Waals surface area contributed by atoms with Crippen LogP contribution in [0.2, 0.25) is 5.02 Å². The van der Waals surface area contributed by atoms with Crippen LogP contribution in [-0.4, -0.2) is 5.97 Å². The molecule has 0 aliphatic rings. The van der Waals surface area contributed by atoms with E-state index < -0.39 is 5.97 Å². The Hall–Kier alpha value is -1.39. The van der Waals surface area contributed by atoms with Crippen LogP contribution in [0.4, 0.5) is 0 Å². The van der Waals surface area contributed by atoms with Gasteiger partial charge in [0.25, 0.3) is 0 Å². The van der Waals surface area contributed by atoms with Crippen LogP contribution in [0.3, 0.4) is 0 Å². The van der Waals surface area contributed by atoms with E-state index in [-0.39, 0.29) is 12.0 Å². The molecule has 88 valence electrons. The Labute approximate surface area is 107 Å². The summed E-state index contributed by atoms with van der Waals surface area (Å²) in [7, 11) is 0. The van der Waals surface area contributed by atoms with Gasteiger partial charge in [0.15, 0.2) is 5.43 Å². The molecule has 0 spiro atoms.